The van der Waals surface area contributed by atoms with Gasteiger partial charge in [-0.3, -0.25) is 0 Å². The third-order valence-electron chi connectivity index (χ3n) is 1.47. The first kappa shape index (κ1) is 11.6. The molecule has 0 amide bonds. The fourth-order valence-corrected chi connectivity index (χ4v) is 0.888. The van der Waals surface area contributed by atoms with Crippen molar-refractivity contribution in [3.05, 3.63) is 11.6 Å². The van der Waals surface area contributed by atoms with Crippen LogP contribution >= 0.6 is 0 Å². The molecule has 1 atom stereocenters. The van der Waals surface area contributed by atoms with Gasteiger partial charge in [0.05, 0.1) is 6.61 Å². The average Bonchev–Trinajstić information content (AvgIpc) is 1.99. The Bertz CT molecular complexity index is 231. The lowest BCUT2D eigenvalue weighted by Gasteiger charge is -2.09. The molecule has 0 aromatic rings. The van der Waals surface area contributed by atoms with Crippen molar-refractivity contribution in [1.82, 2.24) is 0 Å². The number of hydrogen-bond donors (Lipinski definition) is 2. The van der Waals surface area contributed by atoms with E-state index in [0.717, 1.165) is 0 Å². The molecule has 1 unspecified atom stereocenters. The highest BCUT2D eigenvalue weighted by Crippen LogP contribution is 2.10. The number of rotatable bonds is 5. The van der Waals surface area contributed by atoms with E-state index in [2.05, 4.69) is 0 Å². The van der Waals surface area contributed by atoms with Crippen molar-refractivity contribution in [3.8, 4) is 0 Å². The second kappa shape index (κ2) is 5.31. The Hall–Kier alpha value is -1.36. The Morgan fingerprint density at radius 1 is 1.46 bits per heavy atom. The maximum absolute atomic E-state index is 10.6. The highest BCUT2D eigenvalue weighted by Gasteiger charge is 2.17. The molecule has 0 aromatic carbocycles. The summed E-state index contributed by atoms with van der Waals surface area (Å²) in [6.07, 6.45) is 0.687. The van der Waals surface area contributed by atoms with Crippen LogP contribution in [0.5, 0.6) is 0 Å². The molecule has 2 N–H and O–H groups in total. The van der Waals surface area contributed by atoms with Crippen LogP contribution < -0.4 is 0 Å². The summed E-state index contributed by atoms with van der Waals surface area (Å²) in [5.74, 6) is -2.93. The van der Waals surface area contributed by atoms with Crippen LogP contribution in [0, 0.1) is 5.92 Å². The van der Waals surface area contributed by atoms with E-state index in [1.54, 1.807) is 6.92 Å². The molecule has 0 rings (SSSR count). The fraction of sp³-hybridized carbons (Fsp3) is 0.500. The second-order valence-electron chi connectivity index (χ2n) is 2.60. The van der Waals surface area contributed by atoms with Gasteiger partial charge in [-0.2, -0.15) is 0 Å². The van der Waals surface area contributed by atoms with E-state index >= 15 is 0 Å². The van der Waals surface area contributed by atoms with Gasteiger partial charge in [0.15, 0.2) is 0 Å². The summed E-state index contributed by atoms with van der Waals surface area (Å²) in [7, 11) is 1.43. The van der Waals surface area contributed by atoms with Gasteiger partial charge >= 0.3 is 11.9 Å². The van der Waals surface area contributed by atoms with Crippen molar-refractivity contribution in [1.29, 1.82) is 0 Å². The van der Waals surface area contributed by atoms with Crippen LogP contribution in [-0.4, -0.2) is 35.9 Å². The van der Waals surface area contributed by atoms with Crippen molar-refractivity contribution < 1.29 is 24.5 Å². The van der Waals surface area contributed by atoms with E-state index in [0.29, 0.717) is 6.08 Å². The molecule has 0 spiro atoms. The number of carbonyl (C=O) groups is 2. The molecule has 0 radical (unpaired) electrons. The average molecular weight is 188 g/mol. The highest BCUT2D eigenvalue weighted by atomic mass is 16.5. The summed E-state index contributed by atoms with van der Waals surface area (Å²) in [5, 5.41) is 17.0. The number of hydrogen-bond acceptors (Lipinski definition) is 3. The van der Waals surface area contributed by atoms with Crippen molar-refractivity contribution in [2.75, 3.05) is 13.7 Å². The quantitative estimate of drug-likeness (QED) is 0.609. The minimum atomic E-state index is -1.26. The van der Waals surface area contributed by atoms with Crippen molar-refractivity contribution in [2.45, 2.75) is 6.92 Å². The summed E-state index contributed by atoms with van der Waals surface area (Å²) in [5.41, 5.74) is -0.158. The molecule has 0 aromatic heterocycles. The van der Waals surface area contributed by atoms with Crippen LogP contribution in [0.15, 0.2) is 11.6 Å². The normalized spacial score (nSPS) is 13.8. The van der Waals surface area contributed by atoms with Crippen LogP contribution in [-0.2, 0) is 14.3 Å². The van der Waals surface area contributed by atoms with Crippen LogP contribution in [0.25, 0.3) is 0 Å². The number of methoxy groups -OCH3 is 1. The minimum Gasteiger partial charge on any atom is -0.478 e. The molecule has 0 saturated carbocycles. The molecule has 0 saturated heterocycles. The van der Waals surface area contributed by atoms with Gasteiger partial charge in [-0.1, -0.05) is 6.92 Å². The largest absolute Gasteiger partial charge is 0.478 e. The van der Waals surface area contributed by atoms with E-state index in [4.69, 9.17) is 14.9 Å². The zero-order valence-electron chi connectivity index (χ0n) is 7.48. The van der Waals surface area contributed by atoms with Gasteiger partial charge in [0, 0.05) is 24.7 Å². The molecule has 74 valence electrons. The maximum Gasteiger partial charge on any atom is 0.332 e. The molecule has 5 nitrogen and oxygen atoms in total. The molecule has 0 aliphatic heterocycles. The minimum absolute atomic E-state index is 0.158. The highest BCUT2D eigenvalue weighted by molar-refractivity contribution is 5.95. The molecule has 5 heteroatoms. The lowest BCUT2D eigenvalue weighted by Crippen LogP contribution is -2.16. The summed E-state index contributed by atoms with van der Waals surface area (Å²) in [4.78, 5) is 20.8. The Balaban J connectivity index is 4.60. The Morgan fingerprint density at radius 3 is 2.31 bits per heavy atom. The third kappa shape index (κ3) is 4.27. The SMILES string of the molecule is COCC(C)C(=CC(=O)O)C(=O)O. The third-order valence-corrected chi connectivity index (χ3v) is 1.47. The van der Waals surface area contributed by atoms with Gasteiger partial charge in [0.1, 0.15) is 0 Å². The molecule has 0 aliphatic carbocycles. The number of ether oxygens (including phenoxy) is 1. The van der Waals surface area contributed by atoms with Gasteiger partial charge in [0.2, 0.25) is 0 Å². The molecule has 0 aliphatic rings. The van der Waals surface area contributed by atoms with Gasteiger partial charge in [-0.25, -0.2) is 9.59 Å². The monoisotopic (exact) mass is 188 g/mol. The Kier molecular flexibility index (Phi) is 4.76. The van der Waals surface area contributed by atoms with Crippen molar-refractivity contribution in [3.63, 3.8) is 0 Å². The van der Waals surface area contributed by atoms with Gasteiger partial charge < -0.3 is 14.9 Å². The van der Waals surface area contributed by atoms with Gasteiger partial charge in [-0.15, -0.1) is 0 Å². The molecular weight excluding hydrogens is 176 g/mol. The smallest absolute Gasteiger partial charge is 0.332 e. The van der Waals surface area contributed by atoms with Crippen molar-refractivity contribution >= 4 is 11.9 Å². The second-order valence-corrected chi connectivity index (χ2v) is 2.60. The summed E-state index contributed by atoms with van der Waals surface area (Å²) < 4.78 is 4.72. The topological polar surface area (TPSA) is 83.8 Å². The lowest BCUT2D eigenvalue weighted by molar-refractivity contribution is -0.135. The van der Waals surface area contributed by atoms with Gasteiger partial charge in [-0.05, 0) is 0 Å². The van der Waals surface area contributed by atoms with Crippen LogP contribution in [0.4, 0.5) is 0 Å². The lowest BCUT2D eigenvalue weighted by atomic mass is 10.0. The van der Waals surface area contributed by atoms with Crippen LogP contribution in [0.2, 0.25) is 0 Å². The first-order chi connectivity index (χ1) is 5.99. The first-order valence-electron chi connectivity index (χ1n) is 3.65. The van der Waals surface area contributed by atoms with E-state index in [1.807, 2.05) is 0 Å². The Morgan fingerprint density at radius 2 is 2.00 bits per heavy atom. The fourth-order valence-electron chi connectivity index (χ4n) is 0.888. The molecule has 0 bridgehead atoms. The number of aliphatic carboxylic acids is 2. The summed E-state index contributed by atoms with van der Waals surface area (Å²) in [6.45, 7) is 1.78. The summed E-state index contributed by atoms with van der Waals surface area (Å²) in [6, 6.07) is 0. The van der Waals surface area contributed by atoms with E-state index in [-0.39, 0.29) is 12.2 Å². The standard InChI is InChI=1S/C8H12O5/c1-5(4-13-2)6(8(11)12)3-7(9)10/h3,5H,4H2,1-2H3,(H,9,10)(H,11,12). The maximum atomic E-state index is 10.6. The molecular formula is C8H12O5. The summed E-state index contributed by atoms with van der Waals surface area (Å²) >= 11 is 0. The van der Waals surface area contributed by atoms with E-state index in [9.17, 15) is 9.59 Å². The molecule has 0 fully saturated rings. The van der Waals surface area contributed by atoms with Crippen LogP contribution in [0.3, 0.4) is 0 Å². The number of carboxylic acids is 2. The Labute approximate surface area is 75.6 Å². The predicted octanol–water partition coefficient (Wildman–Crippen LogP) is 0.364. The number of carboxylic acid groups (broad SMARTS) is 2. The zero-order chi connectivity index (χ0) is 10.4. The molecule has 0 heterocycles. The van der Waals surface area contributed by atoms with Crippen molar-refractivity contribution in [2.24, 2.45) is 5.92 Å². The predicted molar refractivity (Wildman–Crippen MR) is 44.4 cm³/mol. The van der Waals surface area contributed by atoms with Gasteiger partial charge in [0.25, 0.3) is 0 Å². The molecule has 13 heavy (non-hydrogen) atoms. The zero-order valence-corrected chi connectivity index (χ0v) is 7.48. The van der Waals surface area contributed by atoms with E-state index < -0.39 is 17.9 Å². The van der Waals surface area contributed by atoms with E-state index in [1.165, 1.54) is 7.11 Å². The first-order valence-corrected chi connectivity index (χ1v) is 3.65. The van der Waals surface area contributed by atoms with Crippen LogP contribution in [0.1, 0.15) is 6.92 Å².